The van der Waals surface area contributed by atoms with E-state index in [-0.39, 0.29) is 19.4 Å². The Bertz CT molecular complexity index is 1350. The summed E-state index contributed by atoms with van der Waals surface area (Å²) in [5.74, 6) is -2.46. The van der Waals surface area contributed by atoms with Gasteiger partial charge in [-0.15, -0.1) is 0 Å². The SMILES string of the molecule is CC/C=C\C/C=C\C/C=C\C/C=C\C/C=C\CCCCCC(=O)OC(COC(=O)CCCCCCC/C=C\C/C=C\C/C=C\CC)COP(=O)(O)OCC(N)C(=O)O. The van der Waals surface area contributed by atoms with Crippen LogP contribution in [-0.4, -0.2) is 59.9 Å². The number of unbranched alkanes of at least 4 members (excludes halogenated alkanes) is 8. The first kappa shape index (κ1) is 54.4. The van der Waals surface area contributed by atoms with Crippen molar-refractivity contribution in [3.8, 4) is 0 Å². The highest BCUT2D eigenvalue weighted by atomic mass is 31.2. The van der Waals surface area contributed by atoms with Gasteiger partial charge in [-0.25, -0.2) is 4.57 Å². The molecule has 0 bridgehead atoms. The maximum atomic E-state index is 12.6. The van der Waals surface area contributed by atoms with Crippen molar-refractivity contribution in [2.24, 2.45) is 5.73 Å². The Kier molecular flexibility index (Phi) is 37.7. The van der Waals surface area contributed by atoms with Gasteiger partial charge in [0.15, 0.2) is 6.10 Å². The van der Waals surface area contributed by atoms with Crippen LogP contribution in [0.25, 0.3) is 0 Å². The molecule has 328 valence electrons. The molecule has 0 heterocycles. The number of nitrogens with two attached hydrogens (primary N) is 1. The molecule has 0 amide bonds. The lowest BCUT2D eigenvalue weighted by atomic mass is 10.1. The fourth-order valence-corrected chi connectivity index (χ4v) is 5.82. The number of hydrogen-bond donors (Lipinski definition) is 3. The topological polar surface area (TPSA) is 172 Å². The molecule has 0 radical (unpaired) electrons. The molecule has 0 rings (SSSR count). The molecule has 3 atom stereocenters. The summed E-state index contributed by atoms with van der Waals surface area (Å²) in [5, 5.41) is 8.89. The van der Waals surface area contributed by atoms with Gasteiger partial charge in [0.1, 0.15) is 12.6 Å². The normalized spacial score (nSPS) is 14.7. The third-order valence-corrected chi connectivity index (χ3v) is 9.28. The van der Waals surface area contributed by atoms with Crippen molar-refractivity contribution >= 4 is 25.7 Å². The number of phosphoric acid groups is 1. The van der Waals surface area contributed by atoms with Crippen LogP contribution < -0.4 is 5.73 Å². The monoisotopic (exact) mass is 832 g/mol. The Labute approximate surface area is 349 Å². The van der Waals surface area contributed by atoms with E-state index in [0.717, 1.165) is 103 Å². The highest BCUT2D eigenvalue weighted by Crippen LogP contribution is 2.43. The van der Waals surface area contributed by atoms with E-state index in [0.29, 0.717) is 12.8 Å². The molecule has 0 fully saturated rings. The zero-order valence-electron chi connectivity index (χ0n) is 35.3. The molecule has 0 spiro atoms. The van der Waals surface area contributed by atoms with Gasteiger partial charge in [-0.3, -0.25) is 23.4 Å². The Morgan fingerprint density at radius 2 is 0.914 bits per heavy atom. The molecule has 0 aromatic carbocycles. The lowest BCUT2D eigenvalue weighted by Crippen LogP contribution is -2.34. The van der Waals surface area contributed by atoms with Gasteiger partial charge in [0.2, 0.25) is 0 Å². The zero-order chi connectivity index (χ0) is 42.8. The molecule has 0 aliphatic rings. The molecule has 12 heteroatoms. The Balaban J connectivity index is 4.49. The van der Waals surface area contributed by atoms with Crippen LogP contribution in [0.3, 0.4) is 0 Å². The van der Waals surface area contributed by atoms with Gasteiger partial charge < -0.3 is 25.2 Å². The van der Waals surface area contributed by atoms with Crippen LogP contribution in [0.5, 0.6) is 0 Å². The van der Waals surface area contributed by atoms with Crippen molar-refractivity contribution in [1.82, 2.24) is 0 Å². The minimum Gasteiger partial charge on any atom is -0.480 e. The van der Waals surface area contributed by atoms with Crippen LogP contribution in [0.4, 0.5) is 0 Å². The number of phosphoric ester groups is 1. The summed E-state index contributed by atoms with van der Waals surface area (Å²) in [5.41, 5.74) is 5.33. The predicted octanol–water partition coefficient (Wildman–Crippen LogP) is 11.3. The minimum absolute atomic E-state index is 0.112. The maximum absolute atomic E-state index is 12.6. The molecule has 58 heavy (non-hydrogen) atoms. The van der Waals surface area contributed by atoms with E-state index in [1.165, 1.54) is 0 Å². The number of aliphatic carboxylic acids is 1. The van der Waals surface area contributed by atoms with Crippen molar-refractivity contribution in [3.05, 3.63) is 97.2 Å². The highest BCUT2D eigenvalue weighted by molar-refractivity contribution is 7.47. The first-order chi connectivity index (χ1) is 28.1. The van der Waals surface area contributed by atoms with Gasteiger partial charge in [0.25, 0.3) is 0 Å². The highest BCUT2D eigenvalue weighted by Gasteiger charge is 2.28. The van der Waals surface area contributed by atoms with Crippen LogP contribution in [-0.2, 0) is 37.5 Å². The molecule has 0 aliphatic carbocycles. The standard InChI is InChI=1S/C46H74NO10P/c1-3-5-7-9-11-13-15-17-19-20-21-22-24-26-28-30-32-34-36-38-45(49)57-42(40-55-58(52,53)56-41-43(47)46(50)51)39-54-44(48)37-35-33-31-29-27-25-23-18-16-14-12-10-8-6-4-2/h5-8,11-14,17-19,21-23,26,28,42-43H,3-4,9-10,15-16,20,24-25,27,29-41,47H2,1-2H3,(H,50,51)(H,52,53)/b7-5-,8-6-,13-11-,14-12-,19-17-,22-21-,23-18-,28-26-. The molecule has 0 aliphatic heterocycles. The van der Waals surface area contributed by atoms with Crippen LogP contribution in [0.2, 0.25) is 0 Å². The summed E-state index contributed by atoms with van der Waals surface area (Å²) in [7, 11) is -4.74. The van der Waals surface area contributed by atoms with E-state index < -0.39 is 51.1 Å². The fourth-order valence-electron chi connectivity index (χ4n) is 5.04. The summed E-state index contributed by atoms with van der Waals surface area (Å²) >= 11 is 0. The summed E-state index contributed by atoms with van der Waals surface area (Å²) in [6.45, 7) is 2.50. The first-order valence-corrected chi connectivity index (χ1v) is 22.8. The van der Waals surface area contributed by atoms with Crippen LogP contribution >= 0.6 is 7.82 Å². The lowest BCUT2D eigenvalue weighted by Gasteiger charge is -2.20. The number of carbonyl (C=O) groups is 3. The average Bonchev–Trinajstić information content (AvgIpc) is 3.20. The van der Waals surface area contributed by atoms with Crippen molar-refractivity contribution in [1.29, 1.82) is 0 Å². The van der Waals surface area contributed by atoms with Crippen molar-refractivity contribution in [3.63, 3.8) is 0 Å². The molecule has 11 nitrogen and oxygen atoms in total. The van der Waals surface area contributed by atoms with Gasteiger partial charge in [-0.05, 0) is 89.9 Å². The number of allylic oxidation sites excluding steroid dienone is 16. The van der Waals surface area contributed by atoms with E-state index in [4.69, 9.17) is 24.8 Å². The third-order valence-electron chi connectivity index (χ3n) is 8.33. The van der Waals surface area contributed by atoms with E-state index in [1.54, 1.807) is 0 Å². The van der Waals surface area contributed by atoms with Gasteiger partial charge in [-0.2, -0.15) is 0 Å². The third kappa shape index (κ3) is 39.2. The molecule has 0 aromatic rings. The quantitative estimate of drug-likeness (QED) is 0.0234. The minimum atomic E-state index is -4.74. The second-order valence-corrected chi connectivity index (χ2v) is 15.2. The van der Waals surface area contributed by atoms with E-state index in [1.807, 2.05) is 0 Å². The van der Waals surface area contributed by atoms with E-state index >= 15 is 0 Å². The molecule has 0 saturated carbocycles. The molecular formula is C46H74NO10P. The summed E-state index contributed by atoms with van der Waals surface area (Å²) < 4.78 is 32.6. The molecule has 0 saturated heterocycles. The lowest BCUT2D eigenvalue weighted by molar-refractivity contribution is -0.161. The number of hydrogen-bond acceptors (Lipinski definition) is 9. The Hall–Kier alpha value is -3.60. The average molecular weight is 832 g/mol. The predicted molar refractivity (Wildman–Crippen MR) is 235 cm³/mol. The number of esters is 2. The second kappa shape index (κ2) is 40.2. The van der Waals surface area contributed by atoms with E-state index in [9.17, 15) is 23.8 Å². The van der Waals surface area contributed by atoms with Crippen molar-refractivity contribution in [2.45, 2.75) is 154 Å². The summed E-state index contributed by atoms with van der Waals surface area (Å²) in [6, 6.07) is -1.54. The second-order valence-electron chi connectivity index (χ2n) is 13.7. The van der Waals surface area contributed by atoms with Crippen molar-refractivity contribution < 1.29 is 47.5 Å². The number of carbonyl (C=O) groups excluding carboxylic acids is 2. The molecular weight excluding hydrogens is 757 g/mol. The number of carboxylic acid groups (broad SMARTS) is 1. The van der Waals surface area contributed by atoms with Crippen LogP contribution in [0.1, 0.15) is 142 Å². The first-order valence-electron chi connectivity index (χ1n) is 21.3. The zero-order valence-corrected chi connectivity index (χ0v) is 36.2. The number of carboxylic acids is 1. The van der Waals surface area contributed by atoms with Crippen LogP contribution in [0.15, 0.2) is 97.2 Å². The van der Waals surface area contributed by atoms with E-state index in [2.05, 4.69) is 116 Å². The largest absolute Gasteiger partial charge is 0.480 e. The van der Waals surface area contributed by atoms with Gasteiger partial charge in [0, 0.05) is 12.8 Å². The Morgan fingerprint density at radius 3 is 1.38 bits per heavy atom. The summed E-state index contributed by atoms with van der Waals surface area (Å²) in [4.78, 5) is 45.9. The number of ether oxygens (including phenoxy) is 2. The van der Waals surface area contributed by atoms with Gasteiger partial charge in [-0.1, -0.05) is 137 Å². The summed E-state index contributed by atoms with van der Waals surface area (Å²) in [6.07, 6.45) is 50.4. The fraction of sp³-hybridized carbons (Fsp3) is 0.587. The smallest absolute Gasteiger partial charge is 0.472 e. The van der Waals surface area contributed by atoms with Gasteiger partial charge in [0.05, 0.1) is 13.2 Å². The van der Waals surface area contributed by atoms with Gasteiger partial charge >= 0.3 is 25.7 Å². The number of rotatable bonds is 38. The van der Waals surface area contributed by atoms with Crippen molar-refractivity contribution in [2.75, 3.05) is 19.8 Å². The molecule has 0 aromatic heterocycles. The Morgan fingerprint density at radius 1 is 0.534 bits per heavy atom. The molecule has 4 N–H and O–H groups in total. The van der Waals surface area contributed by atoms with Crippen LogP contribution in [0, 0.1) is 0 Å². The maximum Gasteiger partial charge on any atom is 0.472 e. The molecule has 3 unspecified atom stereocenters.